The highest BCUT2D eigenvalue weighted by Gasteiger charge is 2.31. The zero-order valence-electron chi connectivity index (χ0n) is 20.4. The highest BCUT2D eigenvalue weighted by Crippen LogP contribution is 2.38. The molecule has 3 aromatic rings. The molecule has 1 aliphatic rings. The fraction of sp³-hybridized carbons (Fsp3) is 0.300. The van der Waals surface area contributed by atoms with Crippen LogP contribution in [0.4, 0.5) is 0 Å². The van der Waals surface area contributed by atoms with Crippen molar-refractivity contribution >= 4 is 11.9 Å². The van der Waals surface area contributed by atoms with Gasteiger partial charge in [-0.2, -0.15) is 0 Å². The maximum Gasteiger partial charge on any atom is 0.231 e. The number of hydrogen-bond donors (Lipinski definition) is 1. The van der Waals surface area contributed by atoms with E-state index in [1.54, 1.807) is 12.1 Å². The molecule has 0 atom stereocenters. The molecule has 1 heterocycles. The first kappa shape index (κ1) is 23.8. The van der Waals surface area contributed by atoms with Gasteiger partial charge in [-0.1, -0.05) is 94.1 Å². The molecule has 0 saturated carbocycles. The lowest BCUT2D eigenvalue weighted by molar-refractivity contribution is -0.919. The van der Waals surface area contributed by atoms with Crippen LogP contribution in [0.1, 0.15) is 49.2 Å². The Morgan fingerprint density at radius 1 is 0.853 bits per heavy atom. The molecule has 1 aliphatic heterocycles. The van der Waals surface area contributed by atoms with E-state index in [1.807, 2.05) is 42.5 Å². The summed E-state index contributed by atoms with van der Waals surface area (Å²) >= 11 is 0. The molecule has 34 heavy (non-hydrogen) atoms. The molecule has 0 fully saturated rings. The first-order valence-corrected chi connectivity index (χ1v) is 12.1. The second kappa shape index (κ2) is 10.3. The molecular formula is C30H33NO3. The lowest BCUT2D eigenvalue weighted by Gasteiger charge is -2.26. The molecule has 0 aliphatic carbocycles. The number of quaternary nitrogens is 1. The first-order chi connectivity index (χ1) is 16.3. The molecule has 4 heteroatoms. The molecule has 0 bridgehead atoms. The number of rotatable bonds is 8. The molecule has 176 valence electrons. The number of fused-ring (bicyclic) bond motifs is 1. The zero-order chi connectivity index (χ0) is 24.2. The minimum absolute atomic E-state index is 0.0648. The second-order valence-electron chi connectivity index (χ2n) is 9.97. The van der Waals surface area contributed by atoms with Crippen molar-refractivity contribution < 1.29 is 19.5 Å². The number of hydrogen-bond acceptors (Lipinski definition) is 3. The Kier molecular flexibility index (Phi) is 7.18. The Labute approximate surface area is 202 Å². The average Bonchev–Trinajstić information content (AvgIpc) is 3.11. The minimum atomic E-state index is -0.169. The molecule has 0 saturated heterocycles. The summed E-state index contributed by atoms with van der Waals surface area (Å²) in [5.41, 5.74) is 4.22. The summed E-state index contributed by atoms with van der Waals surface area (Å²) in [6.45, 7) is 11.3. The number of allylic oxidation sites excluding steroid dienone is 1. The van der Waals surface area contributed by atoms with Crippen LogP contribution in [0.5, 0.6) is 11.5 Å². The van der Waals surface area contributed by atoms with Crippen LogP contribution in [0, 0.1) is 11.8 Å². The van der Waals surface area contributed by atoms with Gasteiger partial charge in [0.05, 0.1) is 18.7 Å². The van der Waals surface area contributed by atoms with Crippen LogP contribution in [-0.2, 0) is 6.54 Å². The SMILES string of the molecule is CC(C)C[NH+](Cc1c([O-])ccc2c1O/C(=C\c1ccc(-c3ccccc3)cc1)C2=O)CC(C)C. The van der Waals surface area contributed by atoms with Crippen molar-refractivity contribution in [1.82, 2.24) is 0 Å². The topological polar surface area (TPSA) is 53.8 Å². The number of benzene rings is 3. The van der Waals surface area contributed by atoms with Gasteiger partial charge in [0.25, 0.3) is 0 Å². The summed E-state index contributed by atoms with van der Waals surface area (Å²) in [5.74, 6) is 1.50. The Morgan fingerprint density at radius 2 is 1.47 bits per heavy atom. The third-order valence-electron chi connectivity index (χ3n) is 6.03. The van der Waals surface area contributed by atoms with E-state index in [9.17, 15) is 9.90 Å². The third kappa shape index (κ3) is 5.40. The molecule has 4 nitrogen and oxygen atoms in total. The van der Waals surface area contributed by atoms with Crippen LogP contribution >= 0.6 is 0 Å². The standard InChI is InChI=1S/C30H33NO3/c1-20(2)17-31(18-21(3)4)19-26-27(32)15-14-25-29(33)28(34-30(25)26)16-22-10-12-24(13-11-22)23-8-6-5-7-9-23/h5-16,20-21,32H,17-19H2,1-4H3/b28-16-. The lowest BCUT2D eigenvalue weighted by Crippen LogP contribution is -3.11. The highest BCUT2D eigenvalue weighted by molar-refractivity contribution is 6.15. The molecule has 0 spiro atoms. The van der Waals surface area contributed by atoms with E-state index in [1.165, 1.54) is 11.0 Å². The molecule has 0 aromatic heterocycles. The summed E-state index contributed by atoms with van der Waals surface area (Å²) in [6.07, 6.45) is 1.76. The summed E-state index contributed by atoms with van der Waals surface area (Å²) in [4.78, 5) is 14.4. The quantitative estimate of drug-likeness (QED) is 0.499. The lowest BCUT2D eigenvalue weighted by atomic mass is 10.0. The average molecular weight is 456 g/mol. The van der Waals surface area contributed by atoms with Gasteiger partial charge in [-0.15, -0.1) is 0 Å². The summed E-state index contributed by atoms with van der Waals surface area (Å²) in [6, 6.07) is 21.3. The molecular weight excluding hydrogens is 422 g/mol. The Bertz CT molecular complexity index is 1170. The number of ether oxygens (including phenoxy) is 1. The summed E-state index contributed by atoms with van der Waals surface area (Å²) < 4.78 is 6.06. The maximum absolute atomic E-state index is 13.1. The van der Waals surface area contributed by atoms with E-state index in [-0.39, 0.29) is 17.3 Å². The van der Waals surface area contributed by atoms with Crippen molar-refractivity contribution in [3.05, 3.63) is 89.2 Å². The molecule has 0 unspecified atom stereocenters. The Balaban J connectivity index is 1.59. The van der Waals surface area contributed by atoms with E-state index in [0.717, 1.165) is 29.8 Å². The normalized spacial score (nSPS) is 14.3. The van der Waals surface area contributed by atoms with Crippen LogP contribution < -0.4 is 14.7 Å². The first-order valence-electron chi connectivity index (χ1n) is 12.1. The number of carbonyl (C=O) groups excluding carboxylic acids is 1. The van der Waals surface area contributed by atoms with Gasteiger partial charge in [0.15, 0.2) is 5.76 Å². The monoisotopic (exact) mass is 455 g/mol. The summed E-state index contributed by atoms with van der Waals surface area (Å²) in [5, 5.41) is 12.8. The zero-order valence-corrected chi connectivity index (χ0v) is 20.4. The number of nitrogens with one attached hydrogen (secondary N) is 1. The molecule has 1 N–H and O–H groups in total. The van der Waals surface area contributed by atoms with Crippen molar-refractivity contribution in [3.63, 3.8) is 0 Å². The van der Waals surface area contributed by atoms with E-state index >= 15 is 0 Å². The van der Waals surface area contributed by atoms with Gasteiger partial charge in [0.2, 0.25) is 5.78 Å². The maximum atomic E-state index is 13.1. The molecule has 4 rings (SSSR count). The van der Waals surface area contributed by atoms with Crippen molar-refractivity contribution in [3.8, 4) is 22.6 Å². The second-order valence-corrected chi connectivity index (χ2v) is 9.97. The number of ketones is 1. The van der Waals surface area contributed by atoms with Gasteiger partial charge in [0.1, 0.15) is 12.3 Å². The van der Waals surface area contributed by atoms with E-state index in [2.05, 4.69) is 39.8 Å². The predicted molar refractivity (Wildman–Crippen MR) is 135 cm³/mol. The minimum Gasteiger partial charge on any atom is -0.872 e. The highest BCUT2D eigenvalue weighted by atomic mass is 16.5. The van der Waals surface area contributed by atoms with Gasteiger partial charge >= 0.3 is 0 Å². The number of Topliss-reactive ketones (excluding diaryl/α,β-unsaturated/α-hetero) is 1. The van der Waals surface area contributed by atoms with Crippen LogP contribution in [0.15, 0.2) is 72.5 Å². The van der Waals surface area contributed by atoms with Gasteiger partial charge in [-0.25, -0.2) is 0 Å². The van der Waals surface area contributed by atoms with E-state index < -0.39 is 0 Å². The molecule has 3 aromatic carbocycles. The van der Waals surface area contributed by atoms with Gasteiger partial charge in [-0.3, -0.25) is 4.79 Å². The van der Waals surface area contributed by atoms with Gasteiger partial charge in [-0.05, 0) is 28.8 Å². The van der Waals surface area contributed by atoms with Crippen molar-refractivity contribution in [2.75, 3.05) is 13.1 Å². The van der Waals surface area contributed by atoms with Crippen molar-refractivity contribution in [2.45, 2.75) is 34.2 Å². The van der Waals surface area contributed by atoms with Crippen LogP contribution in [-0.4, -0.2) is 18.9 Å². The van der Waals surface area contributed by atoms with Crippen molar-refractivity contribution in [2.24, 2.45) is 11.8 Å². The largest absolute Gasteiger partial charge is 0.872 e. The fourth-order valence-corrected chi connectivity index (χ4v) is 4.64. The van der Waals surface area contributed by atoms with E-state index in [0.29, 0.717) is 35.3 Å². The predicted octanol–water partition coefficient (Wildman–Crippen LogP) is 4.74. The van der Waals surface area contributed by atoms with Gasteiger partial charge in [0, 0.05) is 17.4 Å². The Morgan fingerprint density at radius 3 is 2.09 bits per heavy atom. The fourth-order valence-electron chi connectivity index (χ4n) is 4.64. The van der Waals surface area contributed by atoms with Crippen LogP contribution in [0.2, 0.25) is 0 Å². The Hall–Kier alpha value is -3.37. The summed E-state index contributed by atoms with van der Waals surface area (Å²) in [7, 11) is 0. The smallest absolute Gasteiger partial charge is 0.231 e. The molecule has 0 amide bonds. The van der Waals surface area contributed by atoms with Crippen LogP contribution in [0.3, 0.4) is 0 Å². The molecule has 0 radical (unpaired) electrons. The third-order valence-corrected chi connectivity index (χ3v) is 6.03. The van der Waals surface area contributed by atoms with E-state index in [4.69, 9.17) is 4.74 Å². The van der Waals surface area contributed by atoms with Gasteiger partial charge < -0.3 is 14.7 Å². The van der Waals surface area contributed by atoms with Crippen molar-refractivity contribution in [1.29, 1.82) is 0 Å². The van der Waals surface area contributed by atoms with Crippen LogP contribution in [0.25, 0.3) is 17.2 Å². The number of carbonyl (C=O) groups is 1.